The van der Waals surface area contributed by atoms with Gasteiger partial charge in [0, 0.05) is 26.4 Å². The van der Waals surface area contributed by atoms with Gasteiger partial charge in [0.15, 0.2) is 0 Å². The highest BCUT2D eigenvalue weighted by atomic mass is 16.5. The second kappa shape index (κ2) is 6.96. The Labute approximate surface area is 107 Å². The first-order valence-electron chi connectivity index (χ1n) is 5.96. The molecule has 0 saturated carbocycles. The number of carbonyl (C=O) groups excluding carboxylic acids is 1. The van der Waals surface area contributed by atoms with Gasteiger partial charge in [-0.3, -0.25) is 9.78 Å². The predicted octanol–water partition coefficient (Wildman–Crippen LogP) is 1.53. The molecule has 5 heteroatoms. The zero-order chi connectivity index (χ0) is 13.5. The number of amides is 1. The molecule has 1 rings (SSSR count). The maximum atomic E-state index is 12.3. The average molecular weight is 252 g/mol. The molecule has 0 aliphatic carbocycles. The van der Waals surface area contributed by atoms with Crippen LogP contribution in [0, 0.1) is 5.92 Å². The van der Waals surface area contributed by atoms with Crippen molar-refractivity contribution in [2.45, 2.75) is 13.8 Å². The van der Waals surface area contributed by atoms with Gasteiger partial charge in [-0.1, -0.05) is 13.8 Å². The molecule has 1 aromatic heterocycles. The van der Waals surface area contributed by atoms with Gasteiger partial charge < -0.3 is 14.7 Å². The van der Waals surface area contributed by atoms with Crippen LogP contribution < -0.4 is 0 Å². The van der Waals surface area contributed by atoms with Crippen LogP contribution in [0.2, 0.25) is 0 Å². The predicted molar refractivity (Wildman–Crippen MR) is 68.5 cm³/mol. The van der Waals surface area contributed by atoms with Crippen molar-refractivity contribution in [3.8, 4) is 5.75 Å². The zero-order valence-corrected chi connectivity index (χ0v) is 11.1. The van der Waals surface area contributed by atoms with Crippen LogP contribution in [0.25, 0.3) is 0 Å². The van der Waals surface area contributed by atoms with E-state index < -0.39 is 0 Å². The molecule has 0 unspecified atom stereocenters. The van der Waals surface area contributed by atoms with Crippen LogP contribution in [0.3, 0.4) is 0 Å². The summed E-state index contributed by atoms with van der Waals surface area (Å²) >= 11 is 0. The average Bonchev–Trinajstić information content (AvgIpc) is 2.33. The summed E-state index contributed by atoms with van der Waals surface area (Å²) in [5.41, 5.74) is 0.395. The van der Waals surface area contributed by atoms with E-state index in [0.29, 0.717) is 31.2 Å². The van der Waals surface area contributed by atoms with Crippen molar-refractivity contribution in [1.82, 2.24) is 9.88 Å². The van der Waals surface area contributed by atoms with E-state index in [9.17, 15) is 9.90 Å². The molecule has 0 radical (unpaired) electrons. The number of nitrogens with zero attached hydrogens (tertiary/aromatic N) is 2. The van der Waals surface area contributed by atoms with Gasteiger partial charge in [0.25, 0.3) is 5.91 Å². The standard InChI is InChI=1S/C13H20N2O3/c1-10(2)9-15(4-5-18-3)13(17)11-6-12(16)8-14-7-11/h6-8,10,16H,4-5,9H2,1-3H3. The molecule has 1 heterocycles. The minimum Gasteiger partial charge on any atom is -0.506 e. The van der Waals surface area contributed by atoms with E-state index in [2.05, 4.69) is 4.98 Å². The first-order valence-corrected chi connectivity index (χ1v) is 5.96. The number of ether oxygens (including phenoxy) is 1. The minimum absolute atomic E-state index is 0.00270. The lowest BCUT2D eigenvalue weighted by Crippen LogP contribution is -2.36. The summed E-state index contributed by atoms with van der Waals surface area (Å²) in [4.78, 5) is 17.8. The number of aromatic hydroxyl groups is 1. The second-order valence-electron chi connectivity index (χ2n) is 4.57. The lowest BCUT2D eigenvalue weighted by Gasteiger charge is -2.24. The molecule has 0 bridgehead atoms. The second-order valence-corrected chi connectivity index (χ2v) is 4.57. The summed E-state index contributed by atoms with van der Waals surface area (Å²) in [6.45, 7) is 5.77. The first-order chi connectivity index (χ1) is 8.54. The molecular weight excluding hydrogens is 232 g/mol. The fourth-order valence-corrected chi connectivity index (χ4v) is 1.65. The van der Waals surface area contributed by atoms with Gasteiger partial charge in [-0.15, -0.1) is 0 Å². The van der Waals surface area contributed by atoms with Gasteiger partial charge in [0.05, 0.1) is 18.4 Å². The summed E-state index contributed by atoms with van der Waals surface area (Å²) < 4.78 is 5.00. The molecule has 0 aromatic carbocycles. The largest absolute Gasteiger partial charge is 0.506 e. The minimum atomic E-state index is -0.135. The maximum absolute atomic E-state index is 12.3. The maximum Gasteiger partial charge on any atom is 0.255 e. The normalized spacial score (nSPS) is 10.7. The smallest absolute Gasteiger partial charge is 0.255 e. The lowest BCUT2D eigenvalue weighted by atomic mass is 10.1. The number of aromatic nitrogens is 1. The third-order valence-corrected chi connectivity index (χ3v) is 2.41. The van der Waals surface area contributed by atoms with Crippen molar-refractivity contribution in [3.05, 3.63) is 24.0 Å². The van der Waals surface area contributed by atoms with E-state index in [4.69, 9.17) is 4.74 Å². The molecule has 0 spiro atoms. The van der Waals surface area contributed by atoms with E-state index in [1.165, 1.54) is 18.5 Å². The molecule has 1 N–H and O–H groups in total. The Morgan fingerprint density at radius 1 is 1.50 bits per heavy atom. The molecular formula is C13H20N2O3. The molecule has 5 nitrogen and oxygen atoms in total. The van der Waals surface area contributed by atoms with Gasteiger partial charge in [-0.05, 0) is 12.0 Å². The quantitative estimate of drug-likeness (QED) is 0.834. The first kappa shape index (κ1) is 14.4. The highest BCUT2D eigenvalue weighted by molar-refractivity contribution is 5.94. The van der Waals surface area contributed by atoms with Gasteiger partial charge in [0.1, 0.15) is 5.75 Å². The van der Waals surface area contributed by atoms with Crippen molar-refractivity contribution in [1.29, 1.82) is 0 Å². The van der Waals surface area contributed by atoms with E-state index in [0.717, 1.165) is 0 Å². The van der Waals surface area contributed by atoms with Crippen molar-refractivity contribution in [2.75, 3.05) is 26.8 Å². The molecule has 0 saturated heterocycles. The Morgan fingerprint density at radius 3 is 2.78 bits per heavy atom. The molecule has 0 aliphatic rings. The molecule has 1 amide bonds. The number of hydrogen-bond acceptors (Lipinski definition) is 4. The fourth-order valence-electron chi connectivity index (χ4n) is 1.65. The molecule has 0 fully saturated rings. The number of rotatable bonds is 6. The topological polar surface area (TPSA) is 62.7 Å². The molecule has 1 aromatic rings. The van der Waals surface area contributed by atoms with Crippen molar-refractivity contribution < 1.29 is 14.6 Å². The summed E-state index contributed by atoms with van der Waals surface area (Å²) in [7, 11) is 1.61. The monoisotopic (exact) mass is 252 g/mol. The molecule has 0 aliphatic heterocycles. The summed E-state index contributed by atoms with van der Waals surface area (Å²) in [5, 5.41) is 9.34. The lowest BCUT2D eigenvalue weighted by molar-refractivity contribution is 0.0671. The highest BCUT2D eigenvalue weighted by Crippen LogP contribution is 2.12. The SMILES string of the molecule is COCCN(CC(C)C)C(=O)c1cncc(O)c1. The van der Waals surface area contributed by atoms with Gasteiger partial charge in [-0.25, -0.2) is 0 Å². The summed E-state index contributed by atoms with van der Waals surface area (Å²) in [6.07, 6.45) is 2.76. The van der Waals surface area contributed by atoms with Gasteiger partial charge >= 0.3 is 0 Å². The molecule has 18 heavy (non-hydrogen) atoms. The van der Waals surface area contributed by atoms with Gasteiger partial charge in [-0.2, -0.15) is 0 Å². The van der Waals surface area contributed by atoms with E-state index in [-0.39, 0.29) is 11.7 Å². The molecule has 0 atom stereocenters. The summed E-state index contributed by atoms with van der Waals surface area (Å²) in [5.74, 6) is 0.234. The Morgan fingerprint density at radius 2 is 2.22 bits per heavy atom. The van der Waals surface area contributed by atoms with E-state index in [1.807, 2.05) is 13.8 Å². The van der Waals surface area contributed by atoms with Crippen LogP contribution in [0.5, 0.6) is 5.75 Å². The van der Waals surface area contributed by atoms with Crippen LogP contribution in [0.1, 0.15) is 24.2 Å². The summed E-state index contributed by atoms with van der Waals surface area (Å²) in [6, 6.07) is 1.43. The number of hydrogen-bond donors (Lipinski definition) is 1. The fraction of sp³-hybridized carbons (Fsp3) is 0.538. The molecule has 100 valence electrons. The van der Waals surface area contributed by atoms with Crippen molar-refractivity contribution >= 4 is 5.91 Å². The number of pyridine rings is 1. The van der Waals surface area contributed by atoms with Crippen LogP contribution in [0.4, 0.5) is 0 Å². The van der Waals surface area contributed by atoms with Crippen LogP contribution in [-0.4, -0.2) is 47.7 Å². The number of carbonyl (C=O) groups is 1. The third kappa shape index (κ3) is 4.33. The Balaban J connectivity index is 2.80. The highest BCUT2D eigenvalue weighted by Gasteiger charge is 2.17. The van der Waals surface area contributed by atoms with E-state index >= 15 is 0 Å². The zero-order valence-electron chi connectivity index (χ0n) is 11.1. The Bertz CT molecular complexity index is 394. The van der Waals surface area contributed by atoms with Crippen LogP contribution in [0.15, 0.2) is 18.5 Å². The van der Waals surface area contributed by atoms with Crippen LogP contribution in [-0.2, 0) is 4.74 Å². The van der Waals surface area contributed by atoms with Crippen molar-refractivity contribution in [2.24, 2.45) is 5.92 Å². The van der Waals surface area contributed by atoms with Crippen molar-refractivity contribution in [3.63, 3.8) is 0 Å². The Hall–Kier alpha value is -1.62. The number of methoxy groups -OCH3 is 1. The van der Waals surface area contributed by atoms with Gasteiger partial charge in [0.2, 0.25) is 0 Å². The van der Waals surface area contributed by atoms with Crippen LogP contribution >= 0.6 is 0 Å². The third-order valence-electron chi connectivity index (χ3n) is 2.41. The Kier molecular flexibility index (Phi) is 5.58. The van der Waals surface area contributed by atoms with E-state index in [1.54, 1.807) is 12.0 Å².